The molecular formula is C37H38N4O5S2. The molecule has 0 spiro atoms. The molecule has 0 fully saturated rings. The van der Waals surface area contributed by atoms with Crippen molar-refractivity contribution in [1.29, 1.82) is 0 Å². The average Bonchev–Trinajstić information content (AvgIpc) is 3.46. The molecule has 4 aromatic rings. The maximum atomic E-state index is 13.6. The number of methoxy groups -OCH3 is 1. The second kappa shape index (κ2) is 15.8. The van der Waals surface area contributed by atoms with Crippen LogP contribution in [0.5, 0.6) is 0 Å². The molecule has 1 aromatic heterocycles. The number of thioether (sulfide) groups is 1. The first-order chi connectivity index (χ1) is 23.1. The highest BCUT2D eigenvalue weighted by molar-refractivity contribution is 8.00. The number of hydrogen-bond donors (Lipinski definition) is 3. The summed E-state index contributed by atoms with van der Waals surface area (Å²) < 4.78 is 5.04. The van der Waals surface area contributed by atoms with Crippen molar-refractivity contribution >= 4 is 69.2 Å². The Bertz CT molecular complexity index is 1830. The van der Waals surface area contributed by atoms with Crippen LogP contribution in [0.3, 0.4) is 0 Å². The topological polar surface area (TPSA) is 117 Å². The Kier molecular flexibility index (Phi) is 11.4. The maximum absolute atomic E-state index is 13.6. The number of esters is 1. The minimum absolute atomic E-state index is 0.0762. The van der Waals surface area contributed by atoms with E-state index in [2.05, 4.69) is 16.0 Å². The summed E-state index contributed by atoms with van der Waals surface area (Å²) in [6.07, 6.45) is 5.37. The molecule has 1 unspecified atom stereocenters. The third-order valence-corrected chi connectivity index (χ3v) is 10.1. The van der Waals surface area contributed by atoms with Crippen LogP contribution >= 0.6 is 23.1 Å². The van der Waals surface area contributed by atoms with Crippen molar-refractivity contribution in [2.75, 3.05) is 36.7 Å². The molecule has 248 valence electrons. The number of ether oxygens (including phenoxy) is 1. The van der Waals surface area contributed by atoms with Gasteiger partial charge in [0.05, 0.1) is 17.9 Å². The monoisotopic (exact) mass is 682 g/mol. The first-order valence-electron chi connectivity index (χ1n) is 15.6. The lowest BCUT2D eigenvalue weighted by Gasteiger charge is -2.15. The third kappa shape index (κ3) is 8.53. The largest absolute Gasteiger partial charge is 0.465 e. The number of hydrogen-bond acceptors (Lipinski definition) is 8. The van der Waals surface area contributed by atoms with Crippen LogP contribution in [0.2, 0.25) is 0 Å². The number of nitrogens with one attached hydrogen (secondary N) is 3. The van der Waals surface area contributed by atoms with Crippen molar-refractivity contribution in [2.45, 2.75) is 42.8 Å². The van der Waals surface area contributed by atoms with E-state index in [0.29, 0.717) is 21.8 Å². The van der Waals surface area contributed by atoms with Gasteiger partial charge in [0.1, 0.15) is 10.7 Å². The molecule has 0 radical (unpaired) electrons. The van der Waals surface area contributed by atoms with Gasteiger partial charge in [-0.15, -0.1) is 23.1 Å². The molecule has 1 aliphatic carbocycles. The summed E-state index contributed by atoms with van der Waals surface area (Å²) in [5.41, 5.74) is 4.19. The summed E-state index contributed by atoms with van der Waals surface area (Å²) in [5.74, 6) is -1.59. The fourth-order valence-electron chi connectivity index (χ4n) is 5.27. The molecule has 1 aliphatic rings. The molecule has 0 saturated heterocycles. The standard InChI is InChI=1S/C37H38N4O5S2/c1-23(33(42)40-36-32(37(45)46-4)29-15-8-9-16-31(29)48-36)47-28-14-10-13-26(22-28)38-35(44)30(39-34(43)25-11-6-5-7-12-25)21-24-17-19-27(20-18-24)41(2)3/h5-7,10-14,17-23H,8-9,15-16H2,1-4H3,(H,38,44)(H,39,43)(H,40,42)/b30-21+. The van der Waals surface area contributed by atoms with E-state index in [4.69, 9.17) is 4.74 Å². The minimum Gasteiger partial charge on any atom is -0.465 e. The van der Waals surface area contributed by atoms with Crippen LogP contribution in [0, 0.1) is 0 Å². The maximum Gasteiger partial charge on any atom is 0.341 e. The highest BCUT2D eigenvalue weighted by Crippen LogP contribution is 2.39. The normalized spacial score (nSPS) is 13.1. The molecule has 3 aromatic carbocycles. The SMILES string of the molecule is COC(=O)c1c(NC(=O)C(C)Sc2cccc(NC(=O)/C(=C\c3ccc(N(C)C)cc3)NC(=O)c3ccccc3)c2)sc2c1CCCC2. The lowest BCUT2D eigenvalue weighted by Crippen LogP contribution is -2.30. The van der Waals surface area contributed by atoms with Crippen LogP contribution in [-0.2, 0) is 27.2 Å². The molecule has 3 N–H and O–H groups in total. The number of nitrogens with zero attached hydrogens (tertiary/aromatic N) is 1. The average molecular weight is 683 g/mol. The van der Waals surface area contributed by atoms with E-state index in [1.807, 2.05) is 55.4 Å². The van der Waals surface area contributed by atoms with Crippen LogP contribution in [0.25, 0.3) is 6.08 Å². The number of benzene rings is 3. The second-order valence-electron chi connectivity index (χ2n) is 11.5. The van der Waals surface area contributed by atoms with Crippen LogP contribution < -0.4 is 20.9 Å². The fraction of sp³-hybridized carbons (Fsp3) is 0.243. The van der Waals surface area contributed by atoms with Crippen LogP contribution in [0.15, 0.2) is 89.5 Å². The van der Waals surface area contributed by atoms with Crippen LogP contribution in [-0.4, -0.2) is 50.1 Å². The lowest BCUT2D eigenvalue weighted by molar-refractivity contribution is -0.115. The Morgan fingerprint density at radius 3 is 2.35 bits per heavy atom. The molecule has 1 heterocycles. The van der Waals surface area contributed by atoms with E-state index in [9.17, 15) is 19.2 Å². The van der Waals surface area contributed by atoms with Crippen molar-refractivity contribution in [3.8, 4) is 0 Å². The Balaban J connectivity index is 1.30. The van der Waals surface area contributed by atoms with E-state index in [1.165, 1.54) is 30.2 Å². The zero-order valence-corrected chi connectivity index (χ0v) is 28.9. The first kappa shape index (κ1) is 34.5. The summed E-state index contributed by atoms with van der Waals surface area (Å²) >= 11 is 2.77. The number of carbonyl (C=O) groups excluding carboxylic acids is 4. The Labute approximate surface area is 288 Å². The van der Waals surface area contributed by atoms with Gasteiger partial charge in [-0.25, -0.2) is 4.79 Å². The van der Waals surface area contributed by atoms with Crippen molar-refractivity contribution in [1.82, 2.24) is 5.32 Å². The molecule has 0 aliphatic heterocycles. The Hall–Kier alpha value is -4.87. The predicted octanol–water partition coefficient (Wildman–Crippen LogP) is 7.01. The van der Waals surface area contributed by atoms with Gasteiger partial charge in [-0.1, -0.05) is 36.4 Å². The number of amides is 3. The summed E-state index contributed by atoms with van der Waals surface area (Å²) in [5, 5.41) is 8.65. The van der Waals surface area contributed by atoms with E-state index in [-0.39, 0.29) is 11.6 Å². The van der Waals surface area contributed by atoms with E-state index >= 15 is 0 Å². The smallest absolute Gasteiger partial charge is 0.341 e. The van der Waals surface area contributed by atoms with Gasteiger partial charge in [0.2, 0.25) is 5.91 Å². The molecule has 11 heteroatoms. The van der Waals surface area contributed by atoms with Crippen molar-refractivity contribution in [2.24, 2.45) is 0 Å². The van der Waals surface area contributed by atoms with Crippen LogP contribution in [0.1, 0.15) is 56.5 Å². The van der Waals surface area contributed by atoms with Gasteiger partial charge in [0.15, 0.2) is 0 Å². The highest BCUT2D eigenvalue weighted by atomic mass is 32.2. The zero-order valence-electron chi connectivity index (χ0n) is 27.3. The van der Waals surface area contributed by atoms with Gasteiger partial charge in [-0.05, 0) is 92.3 Å². The highest BCUT2D eigenvalue weighted by Gasteiger charge is 2.28. The minimum atomic E-state index is -0.508. The summed E-state index contributed by atoms with van der Waals surface area (Å²) in [4.78, 5) is 56.4. The van der Waals surface area contributed by atoms with Crippen LogP contribution in [0.4, 0.5) is 16.4 Å². The van der Waals surface area contributed by atoms with Crippen molar-refractivity contribution in [3.05, 3.63) is 112 Å². The number of anilines is 3. The number of aryl methyl sites for hydroxylation is 1. The number of rotatable bonds is 11. The molecule has 9 nitrogen and oxygen atoms in total. The molecule has 3 amide bonds. The number of carbonyl (C=O) groups is 4. The van der Waals surface area contributed by atoms with E-state index < -0.39 is 23.0 Å². The van der Waals surface area contributed by atoms with E-state index in [0.717, 1.165) is 52.3 Å². The molecule has 5 rings (SSSR count). The van der Waals surface area contributed by atoms with Gasteiger partial charge in [0.25, 0.3) is 11.8 Å². The lowest BCUT2D eigenvalue weighted by atomic mass is 9.95. The number of fused-ring (bicyclic) bond motifs is 1. The molecule has 1 atom stereocenters. The van der Waals surface area contributed by atoms with Gasteiger partial charge >= 0.3 is 5.97 Å². The third-order valence-electron chi connectivity index (χ3n) is 7.82. The summed E-state index contributed by atoms with van der Waals surface area (Å²) in [7, 11) is 5.24. The van der Waals surface area contributed by atoms with Crippen molar-refractivity contribution < 1.29 is 23.9 Å². The fourth-order valence-corrected chi connectivity index (χ4v) is 7.47. The van der Waals surface area contributed by atoms with Gasteiger partial charge < -0.3 is 25.6 Å². The van der Waals surface area contributed by atoms with E-state index in [1.54, 1.807) is 55.5 Å². The Morgan fingerprint density at radius 1 is 0.917 bits per heavy atom. The van der Waals surface area contributed by atoms with Gasteiger partial charge in [0, 0.05) is 40.8 Å². The number of thiophene rings is 1. The summed E-state index contributed by atoms with van der Waals surface area (Å²) in [6.45, 7) is 1.79. The predicted molar refractivity (Wildman–Crippen MR) is 194 cm³/mol. The Morgan fingerprint density at radius 2 is 1.65 bits per heavy atom. The first-order valence-corrected chi connectivity index (χ1v) is 17.3. The van der Waals surface area contributed by atoms with Gasteiger partial charge in [-0.3, -0.25) is 14.4 Å². The zero-order chi connectivity index (χ0) is 34.2. The molecule has 0 saturated carbocycles. The summed E-state index contributed by atoms with van der Waals surface area (Å²) in [6, 6.07) is 23.5. The molecule has 48 heavy (non-hydrogen) atoms. The second-order valence-corrected chi connectivity index (χ2v) is 14.0. The molecule has 0 bridgehead atoms. The molecular weight excluding hydrogens is 645 g/mol. The van der Waals surface area contributed by atoms with Crippen molar-refractivity contribution in [3.63, 3.8) is 0 Å². The quantitative estimate of drug-likeness (QED) is 0.0886. The van der Waals surface area contributed by atoms with Gasteiger partial charge in [-0.2, -0.15) is 0 Å².